The van der Waals surface area contributed by atoms with E-state index in [-0.39, 0.29) is 23.2 Å². The zero-order chi connectivity index (χ0) is 17.5. The van der Waals surface area contributed by atoms with Crippen molar-refractivity contribution in [1.82, 2.24) is 30.3 Å². The summed E-state index contributed by atoms with van der Waals surface area (Å²) in [5.74, 6) is -0.147. The van der Waals surface area contributed by atoms with Gasteiger partial charge >= 0.3 is 0 Å². The Morgan fingerprint density at radius 2 is 2.25 bits per heavy atom. The Labute approximate surface area is 142 Å². The Morgan fingerprint density at radius 3 is 2.96 bits per heavy atom. The number of hydrogen-bond acceptors (Lipinski definition) is 8. The zero-order valence-corrected chi connectivity index (χ0v) is 14.4. The lowest BCUT2D eigenvalue weighted by Gasteiger charge is -2.04. The van der Waals surface area contributed by atoms with Crippen LogP contribution in [0.4, 0.5) is 5.95 Å². The second-order valence-corrected chi connectivity index (χ2v) is 6.03. The van der Waals surface area contributed by atoms with Gasteiger partial charge < -0.3 is 4.98 Å². The van der Waals surface area contributed by atoms with Crippen LogP contribution < -0.4 is 10.9 Å². The average molecular weight is 350 g/mol. The van der Waals surface area contributed by atoms with E-state index in [2.05, 4.69) is 35.9 Å². The lowest BCUT2D eigenvalue weighted by Crippen LogP contribution is -2.18. The van der Waals surface area contributed by atoms with Gasteiger partial charge in [-0.1, -0.05) is 35.0 Å². The predicted octanol–water partition coefficient (Wildman–Crippen LogP) is 0.684. The average Bonchev–Trinajstić information content (AvgIpc) is 2.91. The van der Waals surface area contributed by atoms with E-state index >= 15 is 0 Å². The maximum Gasteiger partial charge on any atom is 0.272 e. The quantitative estimate of drug-likeness (QED) is 0.426. The molecule has 0 aromatic carbocycles. The summed E-state index contributed by atoms with van der Waals surface area (Å²) in [6.07, 6.45) is 1.61. The first kappa shape index (κ1) is 17.8. The van der Waals surface area contributed by atoms with Gasteiger partial charge in [-0.15, -0.1) is 0 Å². The lowest BCUT2D eigenvalue weighted by molar-refractivity contribution is -0.113. The van der Waals surface area contributed by atoms with Crippen molar-refractivity contribution in [2.24, 2.45) is 5.10 Å². The number of nitrogens with one attached hydrogen (secondary N) is 2. The molecule has 0 aliphatic heterocycles. The molecule has 10 nitrogen and oxygen atoms in total. The second kappa shape index (κ2) is 8.34. The van der Waals surface area contributed by atoms with Gasteiger partial charge in [-0.05, 0) is 30.7 Å². The molecule has 0 saturated carbocycles. The summed E-state index contributed by atoms with van der Waals surface area (Å²) in [4.78, 5) is 31.6. The predicted molar refractivity (Wildman–Crippen MR) is 90.2 cm³/mol. The van der Waals surface area contributed by atoms with E-state index in [1.807, 2.05) is 6.92 Å². The third-order valence-corrected chi connectivity index (χ3v) is 3.49. The highest BCUT2D eigenvalue weighted by molar-refractivity contribution is 7.99. The van der Waals surface area contributed by atoms with Crippen molar-refractivity contribution in [3.8, 4) is 0 Å². The maximum atomic E-state index is 12.0. The van der Waals surface area contributed by atoms with E-state index in [0.717, 1.165) is 28.7 Å². The highest BCUT2D eigenvalue weighted by Gasteiger charge is 2.11. The molecule has 0 aliphatic carbocycles. The Bertz CT molecular complexity index is 793. The van der Waals surface area contributed by atoms with Crippen LogP contribution in [0.15, 0.2) is 21.1 Å². The van der Waals surface area contributed by atoms with Gasteiger partial charge in [0, 0.05) is 17.5 Å². The summed E-state index contributed by atoms with van der Waals surface area (Å²) >= 11 is 1.13. The molecule has 0 saturated heterocycles. The number of aromatic amines is 1. The topological polar surface area (TPSA) is 131 Å². The molecular weight excluding hydrogens is 332 g/mol. The first-order valence-electron chi connectivity index (χ1n) is 7.31. The van der Waals surface area contributed by atoms with Crippen LogP contribution in [0.3, 0.4) is 0 Å². The molecule has 2 rings (SSSR count). The second-order valence-electron chi connectivity index (χ2n) is 5.07. The minimum Gasteiger partial charge on any atom is -0.301 e. The molecule has 0 bridgehead atoms. The summed E-state index contributed by atoms with van der Waals surface area (Å²) in [6.45, 7) is 5.58. The van der Waals surface area contributed by atoms with Gasteiger partial charge in [0.15, 0.2) is 5.16 Å². The number of nitrogens with zero attached hydrogens (tertiary/aromatic N) is 6. The van der Waals surface area contributed by atoms with Gasteiger partial charge in [-0.25, -0.2) is 4.98 Å². The molecule has 0 radical (unpaired) electrons. The van der Waals surface area contributed by atoms with Gasteiger partial charge in [0.2, 0.25) is 5.91 Å². The number of tetrazole rings is 1. The zero-order valence-electron chi connectivity index (χ0n) is 13.6. The first-order valence-corrected chi connectivity index (χ1v) is 8.30. The van der Waals surface area contributed by atoms with Crippen molar-refractivity contribution < 1.29 is 4.79 Å². The molecular formula is C13H18N8O2S. The van der Waals surface area contributed by atoms with Gasteiger partial charge in [-0.2, -0.15) is 5.10 Å². The molecule has 11 heteroatoms. The van der Waals surface area contributed by atoms with E-state index in [4.69, 9.17) is 0 Å². The molecule has 0 fully saturated rings. The molecule has 2 aromatic rings. The van der Waals surface area contributed by atoms with Crippen LogP contribution in [-0.4, -0.2) is 47.7 Å². The summed E-state index contributed by atoms with van der Waals surface area (Å²) in [5.41, 5.74) is 1.22. The van der Waals surface area contributed by atoms with E-state index in [9.17, 15) is 9.59 Å². The number of anilines is 1. The molecule has 1 amide bonds. The van der Waals surface area contributed by atoms with Gasteiger partial charge in [0.05, 0.1) is 5.75 Å². The number of rotatable bonds is 7. The molecule has 0 atom stereocenters. The summed E-state index contributed by atoms with van der Waals surface area (Å²) in [7, 11) is 0. The SMILES string of the molecule is CCCc1cc(=O)[nH]c(SCC(=O)Nc2nnnn2N=C(C)C)n1. The number of hydrogen-bond donors (Lipinski definition) is 2. The Hall–Kier alpha value is -2.56. The van der Waals surface area contributed by atoms with Gasteiger partial charge in [-0.3, -0.25) is 14.9 Å². The standard InChI is InChI=1S/C13H18N8O2S/c1-4-5-9-6-10(22)16-13(14-9)24-7-11(23)15-12-17-19-20-21(12)18-8(2)3/h6H,4-5,7H2,1-3H3,(H,14,16,22)(H,15,17,20,23). The summed E-state index contributed by atoms with van der Waals surface area (Å²) in [6, 6.07) is 1.47. The van der Waals surface area contributed by atoms with Crippen LogP contribution in [0.5, 0.6) is 0 Å². The Balaban J connectivity index is 1.98. The van der Waals surface area contributed by atoms with Crippen LogP contribution in [0.1, 0.15) is 32.9 Å². The highest BCUT2D eigenvalue weighted by atomic mass is 32.2. The highest BCUT2D eigenvalue weighted by Crippen LogP contribution is 2.12. The largest absolute Gasteiger partial charge is 0.301 e. The molecule has 0 spiro atoms. The number of aromatic nitrogens is 6. The van der Waals surface area contributed by atoms with Crippen LogP contribution in [0.2, 0.25) is 0 Å². The van der Waals surface area contributed by atoms with Crippen molar-refractivity contribution in [3.05, 3.63) is 22.1 Å². The number of thioether (sulfide) groups is 1. The van der Waals surface area contributed by atoms with Crippen molar-refractivity contribution >= 4 is 29.3 Å². The lowest BCUT2D eigenvalue weighted by atomic mass is 10.2. The summed E-state index contributed by atoms with van der Waals surface area (Å²) in [5, 5.41) is 17.8. The number of H-pyrrole nitrogens is 1. The Morgan fingerprint density at radius 1 is 1.46 bits per heavy atom. The molecule has 0 aliphatic rings. The van der Waals surface area contributed by atoms with Crippen molar-refractivity contribution in [1.29, 1.82) is 0 Å². The normalized spacial score (nSPS) is 10.5. The van der Waals surface area contributed by atoms with Crippen molar-refractivity contribution in [2.45, 2.75) is 38.8 Å². The Kier molecular flexibility index (Phi) is 6.18. The summed E-state index contributed by atoms with van der Waals surface area (Å²) < 4.78 is 0. The first-order chi connectivity index (χ1) is 11.5. The number of aryl methyl sites for hydroxylation is 1. The van der Waals surface area contributed by atoms with Crippen molar-refractivity contribution in [3.63, 3.8) is 0 Å². The minimum atomic E-state index is -0.330. The van der Waals surface area contributed by atoms with Gasteiger partial charge in [0.25, 0.3) is 11.5 Å². The molecule has 2 heterocycles. The van der Waals surface area contributed by atoms with Crippen LogP contribution in [-0.2, 0) is 11.2 Å². The number of carbonyl (C=O) groups is 1. The maximum absolute atomic E-state index is 12.0. The fraction of sp³-hybridized carbons (Fsp3) is 0.462. The number of amides is 1. The van der Waals surface area contributed by atoms with E-state index in [1.165, 1.54) is 6.07 Å². The van der Waals surface area contributed by atoms with E-state index < -0.39 is 0 Å². The van der Waals surface area contributed by atoms with Crippen LogP contribution in [0.25, 0.3) is 0 Å². The molecule has 24 heavy (non-hydrogen) atoms. The van der Waals surface area contributed by atoms with Crippen LogP contribution in [0, 0.1) is 0 Å². The fourth-order valence-corrected chi connectivity index (χ4v) is 2.44. The van der Waals surface area contributed by atoms with E-state index in [1.54, 1.807) is 13.8 Å². The molecule has 2 N–H and O–H groups in total. The minimum absolute atomic E-state index is 0.0558. The monoisotopic (exact) mass is 350 g/mol. The van der Waals surface area contributed by atoms with Gasteiger partial charge in [0.1, 0.15) is 0 Å². The smallest absolute Gasteiger partial charge is 0.272 e. The molecule has 2 aromatic heterocycles. The molecule has 128 valence electrons. The van der Waals surface area contributed by atoms with Crippen LogP contribution >= 0.6 is 11.8 Å². The third-order valence-electron chi connectivity index (χ3n) is 2.62. The van der Waals surface area contributed by atoms with Crippen molar-refractivity contribution in [2.75, 3.05) is 11.1 Å². The third kappa shape index (κ3) is 5.26. The fourth-order valence-electron chi connectivity index (χ4n) is 1.75. The van der Waals surface area contributed by atoms with E-state index in [0.29, 0.717) is 17.3 Å². The number of carbonyl (C=O) groups excluding carboxylic acids is 1. The molecule has 0 unspecified atom stereocenters.